The lowest BCUT2D eigenvalue weighted by atomic mass is 10.2. The summed E-state index contributed by atoms with van der Waals surface area (Å²) in [7, 11) is 0. The molecular formula is C15H19N3O. The summed E-state index contributed by atoms with van der Waals surface area (Å²) in [6.45, 7) is 4.73. The molecule has 1 N–H and O–H groups in total. The molecule has 0 atom stereocenters. The van der Waals surface area contributed by atoms with Crippen LogP contribution in [0.3, 0.4) is 0 Å². The van der Waals surface area contributed by atoms with E-state index in [4.69, 9.17) is 4.74 Å². The van der Waals surface area contributed by atoms with Crippen molar-refractivity contribution in [2.24, 2.45) is 0 Å². The van der Waals surface area contributed by atoms with Gasteiger partial charge >= 0.3 is 0 Å². The highest BCUT2D eigenvalue weighted by atomic mass is 16.5. The average molecular weight is 257 g/mol. The molecule has 0 amide bonds. The molecule has 1 aliphatic rings. The molecule has 2 aromatic rings. The first-order chi connectivity index (χ1) is 9.42. The predicted octanol–water partition coefficient (Wildman–Crippen LogP) is 2.30. The van der Waals surface area contributed by atoms with Gasteiger partial charge in [0.25, 0.3) is 0 Å². The molecule has 0 aliphatic carbocycles. The standard InChI is InChI=1S/C15H19N3O/c1-2-5-13(6-3-1)15-16-11-14(17-15)12-18-7-4-9-19-10-8-18/h1-3,5-6,11H,4,7-10,12H2,(H,16,17). The van der Waals surface area contributed by atoms with Crippen molar-refractivity contribution < 1.29 is 4.74 Å². The van der Waals surface area contributed by atoms with Crippen LogP contribution in [0.4, 0.5) is 0 Å². The van der Waals surface area contributed by atoms with Crippen LogP contribution in [0, 0.1) is 0 Å². The van der Waals surface area contributed by atoms with Crippen LogP contribution in [-0.2, 0) is 11.3 Å². The lowest BCUT2D eigenvalue weighted by Gasteiger charge is -2.17. The van der Waals surface area contributed by atoms with Crippen molar-refractivity contribution in [3.8, 4) is 11.4 Å². The number of hydrogen-bond donors (Lipinski definition) is 1. The number of benzene rings is 1. The highest BCUT2D eigenvalue weighted by Gasteiger charge is 2.11. The molecule has 1 fully saturated rings. The summed E-state index contributed by atoms with van der Waals surface area (Å²) in [4.78, 5) is 10.3. The fourth-order valence-corrected chi connectivity index (χ4v) is 2.38. The number of aromatic nitrogens is 2. The van der Waals surface area contributed by atoms with Gasteiger partial charge in [0, 0.05) is 43.7 Å². The zero-order chi connectivity index (χ0) is 12.9. The molecule has 4 nitrogen and oxygen atoms in total. The first-order valence-corrected chi connectivity index (χ1v) is 6.81. The first-order valence-electron chi connectivity index (χ1n) is 6.81. The van der Waals surface area contributed by atoms with Gasteiger partial charge in [-0.15, -0.1) is 0 Å². The van der Waals surface area contributed by atoms with Gasteiger partial charge in [-0.05, 0) is 6.42 Å². The van der Waals surface area contributed by atoms with Gasteiger partial charge in [0.05, 0.1) is 6.61 Å². The highest BCUT2D eigenvalue weighted by Crippen LogP contribution is 2.15. The maximum Gasteiger partial charge on any atom is 0.137 e. The van der Waals surface area contributed by atoms with Crippen molar-refractivity contribution in [3.63, 3.8) is 0 Å². The summed E-state index contributed by atoms with van der Waals surface area (Å²) in [5, 5.41) is 0. The van der Waals surface area contributed by atoms with E-state index in [2.05, 4.69) is 27.0 Å². The molecule has 0 bridgehead atoms. The average Bonchev–Trinajstić information content (AvgIpc) is 2.76. The van der Waals surface area contributed by atoms with E-state index in [1.807, 2.05) is 24.4 Å². The van der Waals surface area contributed by atoms with E-state index in [9.17, 15) is 0 Å². The monoisotopic (exact) mass is 257 g/mol. The van der Waals surface area contributed by atoms with Crippen LogP contribution in [-0.4, -0.2) is 41.2 Å². The third kappa shape index (κ3) is 3.22. The molecule has 1 aromatic heterocycles. The molecule has 1 saturated heterocycles. The number of nitrogens with one attached hydrogen (secondary N) is 1. The van der Waals surface area contributed by atoms with Crippen molar-refractivity contribution >= 4 is 0 Å². The van der Waals surface area contributed by atoms with Crippen molar-refractivity contribution in [1.29, 1.82) is 0 Å². The Balaban J connectivity index is 1.68. The number of ether oxygens (including phenoxy) is 1. The number of rotatable bonds is 3. The summed E-state index contributed by atoms with van der Waals surface area (Å²) < 4.78 is 5.47. The predicted molar refractivity (Wildman–Crippen MR) is 74.7 cm³/mol. The van der Waals surface area contributed by atoms with Crippen LogP contribution in [0.15, 0.2) is 36.5 Å². The quantitative estimate of drug-likeness (QED) is 0.917. The second-order valence-electron chi connectivity index (χ2n) is 4.87. The molecule has 4 heteroatoms. The summed E-state index contributed by atoms with van der Waals surface area (Å²) in [6.07, 6.45) is 3.05. The first kappa shape index (κ1) is 12.4. The van der Waals surface area contributed by atoms with Gasteiger partial charge in [-0.25, -0.2) is 4.98 Å². The second kappa shape index (κ2) is 5.99. The molecule has 0 spiro atoms. The van der Waals surface area contributed by atoms with Gasteiger partial charge in [0.2, 0.25) is 0 Å². The Morgan fingerprint density at radius 1 is 1.16 bits per heavy atom. The SMILES string of the molecule is c1ccc(-c2ncc(CN3CCCOCC3)[nH]2)cc1. The summed E-state index contributed by atoms with van der Waals surface area (Å²) >= 11 is 0. The topological polar surface area (TPSA) is 41.2 Å². The minimum Gasteiger partial charge on any atom is -0.380 e. The Labute approximate surface area is 113 Å². The molecule has 100 valence electrons. The van der Waals surface area contributed by atoms with Gasteiger partial charge < -0.3 is 9.72 Å². The molecular weight excluding hydrogens is 238 g/mol. The van der Waals surface area contributed by atoms with Crippen LogP contribution in [0.1, 0.15) is 12.1 Å². The van der Waals surface area contributed by atoms with Crippen molar-refractivity contribution in [2.45, 2.75) is 13.0 Å². The van der Waals surface area contributed by atoms with Crippen LogP contribution < -0.4 is 0 Å². The number of hydrogen-bond acceptors (Lipinski definition) is 3. The van der Waals surface area contributed by atoms with Crippen LogP contribution >= 0.6 is 0 Å². The van der Waals surface area contributed by atoms with Gasteiger partial charge in [-0.1, -0.05) is 30.3 Å². The number of aromatic amines is 1. The zero-order valence-electron chi connectivity index (χ0n) is 11.0. The molecule has 1 aliphatic heterocycles. The normalized spacial score (nSPS) is 17.3. The van der Waals surface area contributed by atoms with E-state index < -0.39 is 0 Å². The van der Waals surface area contributed by atoms with E-state index in [0.29, 0.717) is 0 Å². The van der Waals surface area contributed by atoms with E-state index in [-0.39, 0.29) is 0 Å². The number of imidazole rings is 1. The third-order valence-electron chi connectivity index (χ3n) is 3.38. The fraction of sp³-hybridized carbons (Fsp3) is 0.400. The van der Waals surface area contributed by atoms with Crippen molar-refractivity contribution in [3.05, 3.63) is 42.2 Å². The van der Waals surface area contributed by atoms with Crippen LogP contribution in [0.5, 0.6) is 0 Å². The largest absolute Gasteiger partial charge is 0.380 e. The lowest BCUT2D eigenvalue weighted by molar-refractivity contribution is 0.140. The maximum absolute atomic E-state index is 5.47. The highest BCUT2D eigenvalue weighted by molar-refractivity contribution is 5.54. The molecule has 0 saturated carbocycles. The van der Waals surface area contributed by atoms with Crippen molar-refractivity contribution in [1.82, 2.24) is 14.9 Å². The summed E-state index contributed by atoms with van der Waals surface area (Å²) in [5.74, 6) is 0.946. The van der Waals surface area contributed by atoms with E-state index in [0.717, 1.165) is 50.7 Å². The Morgan fingerprint density at radius 2 is 2.05 bits per heavy atom. The summed E-state index contributed by atoms with van der Waals surface area (Å²) in [5.41, 5.74) is 2.30. The Bertz CT molecular complexity index is 501. The van der Waals surface area contributed by atoms with Gasteiger partial charge in [0.1, 0.15) is 5.82 Å². The molecule has 2 heterocycles. The van der Waals surface area contributed by atoms with E-state index >= 15 is 0 Å². The molecule has 3 rings (SSSR count). The molecule has 19 heavy (non-hydrogen) atoms. The third-order valence-corrected chi connectivity index (χ3v) is 3.38. The molecule has 0 unspecified atom stereocenters. The van der Waals surface area contributed by atoms with Crippen LogP contribution in [0.25, 0.3) is 11.4 Å². The minimum absolute atomic E-state index is 0.833. The van der Waals surface area contributed by atoms with E-state index in [1.165, 1.54) is 5.69 Å². The Kier molecular flexibility index (Phi) is 3.91. The summed E-state index contributed by atoms with van der Waals surface area (Å²) in [6, 6.07) is 10.2. The second-order valence-corrected chi connectivity index (χ2v) is 4.87. The fourth-order valence-electron chi connectivity index (χ4n) is 2.38. The molecule has 0 radical (unpaired) electrons. The number of nitrogens with zero attached hydrogens (tertiary/aromatic N) is 2. The van der Waals surface area contributed by atoms with Crippen LogP contribution in [0.2, 0.25) is 0 Å². The Morgan fingerprint density at radius 3 is 2.95 bits per heavy atom. The zero-order valence-corrected chi connectivity index (χ0v) is 11.0. The minimum atomic E-state index is 0.833. The maximum atomic E-state index is 5.47. The Hall–Kier alpha value is -1.65. The van der Waals surface area contributed by atoms with Crippen molar-refractivity contribution in [2.75, 3.05) is 26.3 Å². The van der Waals surface area contributed by atoms with Gasteiger partial charge in [0.15, 0.2) is 0 Å². The number of H-pyrrole nitrogens is 1. The van der Waals surface area contributed by atoms with E-state index in [1.54, 1.807) is 0 Å². The lowest BCUT2D eigenvalue weighted by Crippen LogP contribution is -2.25. The van der Waals surface area contributed by atoms with Gasteiger partial charge in [-0.2, -0.15) is 0 Å². The molecule has 1 aromatic carbocycles. The smallest absolute Gasteiger partial charge is 0.137 e. The van der Waals surface area contributed by atoms with Gasteiger partial charge in [-0.3, -0.25) is 4.90 Å².